The van der Waals surface area contributed by atoms with Crippen molar-refractivity contribution in [2.75, 3.05) is 59.6 Å². The minimum absolute atomic E-state index is 0.0987. The zero-order valence-corrected chi connectivity index (χ0v) is 18.1. The molecule has 29 heavy (non-hydrogen) atoms. The third kappa shape index (κ3) is 6.43. The Hall–Kier alpha value is -1.63. The second-order valence-corrected chi connectivity index (χ2v) is 8.51. The lowest BCUT2D eigenvalue weighted by Crippen LogP contribution is -2.60. The van der Waals surface area contributed by atoms with Crippen molar-refractivity contribution in [3.05, 3.63) is 29.8 Å². The number of nitrogens with one attached hydrogen (secondary N) is 1. The molecule has 1 amide bonds. The van der Waals surface area contributed by atoms with Crippen molar-refractivity contribution >= 4 is 5.91 Å². The summed E-state index contributed by atoms with van der Waals surface area (Å²) in [5.41, 5.74) is 1.25. The Balaban J connectivity index is 1.42. The molecule has 0 radical (unpaired) electrons. The van der Waals surface area contributed by atoms with Gasteiger partial charge in [0.05, 0.1) is 19.8 Å². The van der Waals surface area contributed by atoms with Crippen LogP contribution in [0.15, 0.2) is 24.3 Å². The van der Waals surface area contributed by atoms with Gasteiger partial charge in [0, 0.05) is 31.7 Å². The highest BCUT2D eigenvalue weighted by atomic mass is 16.5. The molecule has 0 spiro atoms. The first-order valence-corrected chi connectivity index (χ1v) is 11.1. The van der Waals surface area contributed by atoms with Crippen molar-refractivity contribution in [3.63, 3.8) is 0 Å². The van der Waals surface area contributed by atoms with E-state index in [1.165, 1.54) is 32.1 Å². The molecule has 1 aromatic carbocycles. The van der Waals surface area contributed by atoms with Crippen LogP contribution in [0.5, 0.6) is 5.75 Å². The molecule has 162 valence electrons. The van der Waals surface area contributed by atoms with Gasteiger partial charge in [-0.3, -0.25) is 14.6 Å². The molecule has 1 N–H and O–H groups in total. The Labute approximate surface area is 175 Å². The molecule has 6 heteroatoms. The Bertz CT molecular complexity index is 640. The quantitative estimate of drug-likeness (QED) is 0.686. The zero-order valence-electron chi connectivity index (χ0n) is 18.1. The number of carbonyl (C=O) groups excluding carboxylic acids is 1. The Morgan fingerprint density at radius 2 is 1.93 bits per heavy atom. The number of ether oxygens (including phenoxy) is 2. The van der Waals surface area contributed by atoms with E-state index < -0.39 is 0 Å². The summed E-state index contributed by atoms with van der Waals surface area (Å²) in [6, 6.07) is 8.02. The third-order valence-electron chi connectivity index (χ3n) is 6.32. The standard InChI is InChI=1S/C23H37N3O3/c1-20-8-4-5-9-21(20)29-17-12-25(2)18-22(27)24-19-23(10-6-3-7-11-23)26-13-15-28-16-14-26/h4-5,8-9H,3,6-7,10-19H2,1-2H3,(H,24,27). The van der Waals surface area contributed by atoms with Crippen molar-refractivity contribution in [1.29, 1.82) is 0 Å². The van der Waals surface area contributed by atoms with Gasteiger partial charge in [-0.05, 0) is 38.4 Å². The number of nitrogens with zero attached hydrogens (tertiary/aromatic N) is 2. The maximum atomic E-state index is 12.6. The zero-order chi connectivity index (χ0) is 20.5. The summed E-state index contributed by atoms with van der Waals surface area (Å²) >= 11 is 0. The Morgan fingerprint density at radius 1 is 1.21 bits per heavy atom. The van der Waals surface area contributed by atoms with Crippen LogP contribution in [-0.4, -0.2) is 80.8 Å². The fourth-order valence-electron chi connectivity index (χ4n) is 4.53. The van der Waals surface area contributed by atoms with E-state index in [2.05, 4.69) is 10.2 Å². The van der Waals surface area contributed by atoms with Crippen LogP contribution >= 0.6 is 0 Å². The minimum atomic E-state index is 0.0987. The third-order valence-corrected chi connectivity index (χ3v) is 6.32. The molecule has 0 atom stereocenters. The smallest absolute Gasteiger partial charge is 0.234 e. The van der Waals surface area contributed by atoms with Gasteiger partial charge < -0.3 is 14.8 Å². The van der Waals surface area contributed by atoms with Gasteiger partial charge in [0.2, 0.25) is 5.91 Å². The van der Waals surface area contributed by atoms with Gasteiger partial charge in [0.25, 0.3) is 0 Å². The second-order valence-electron chi connectivity index (χ2n) is 8.51. The van der Waals surface area contributed by atoms with Crippen molar-refractivity contribution in [2.45, 2.75) is 44.6 Å². The van der Waals surface area contributed by atoms with E-state index in [0.717, 1.165) is 50.7 Å². The number of benzene rings is 1. The molecule has 2 aliphatic rings. The average molecular weight is 404 g/mol. The fourth-order valence-corrected chi connectivity index (χ4v) is 4.53. The highest BCUT2D eigenvalue weighted by molar-refractivity contribution is 5.78. The first kappa shape index (κ1) is 22.1. The lowest BCUT2D eigenvalue weighted by molar-refractivity contribution is -0.123. The van der Waals surface area contributed by atoms with Crippen LogP contribution < -0.4 is 10.1 Å². The first-order chi connectivity index (χ1) is 14.1. The van der Waals surface area contributed by atoms with E-state index in [1.54, 1.807) is 0 Å². The van der Waals surface area contributed by atoms with Crippen LogP contribution in [0.1, 0.15) is 37.7 Å². The van der Waals surface area contributed by atoms with Crippen molar-refractivity contribution in [1.82, 2.24) is 15.1 Å². The number of amides is 1. The van der Waals surface area contributed by atoms with Crippen LogP contribution in [0.4, 0.5) is 0 Å². The summed E-state index contributed by atoms with van der Waals surface area (Å²) in [7, 11) is 1.97. The van der Waals surface area contributed by atoms with Gasteiger partial charge in [0.15, 0.2) is 0 Å². The van der Waals surface area contributed by atoms with E-state index in [4.69, 9.17) is 9.47 Å². The van der Waals surface area contributed by atoms with Gasteiger partial charge in [-0.2, -0.15) is 0 Å². The number of carbonyl (C=O) groups is 1. The number of aryl methyl sites for hydroxylation is 1. The largest absolute Gasteiger partial charge is 0.492 e. The molecule has 1 heterocycles. The Morgan fingerprint density at radius 3 is 2.66 bits per heavy atom. The van der Waals surface area contributed by atoms with Crippen molar-refractivity contribution in [2.24, 2.45) is 0 Å². The maximum absolute atomic E-state index is 12.6. The summed E-state index contributed by atoms with van der Waals surface area (Å²) in [5, 5.41) is 3.23. The lowest BCUT2D eigenvalue weighted by atomic mass is 9.79. The molecule has 1 saturated carbocycles. The molecule has 0 bridgehead atoms. The molecule has 1 saturated heterocycles. The number of rotatable bonds is 9. The number of hydrogen-bond donors (Lipinski definition) is 1. The lowest BCUT2D eigenvalue weighted by Gasteiger charge is -2.48. The van der Waals surface area contributed by atoms with E-state index in [0.29, 0.717) is 13.2 Å². The van der Waals surface area contributed by atoms with Gasteiger partial charge in [0.1, 0.15) is 12.4 Å². The van der Waals surface area contributed by atoms with E-state index in [-0.39, 0.29) is 11.4 Å². The molecule has 6 nitrogen and oxygen atoms in total. The minimum Gasteiger partial charge on any atom is -0.492 e. The average Bonchev–Trinajstić information content (AvgIpc) is 2.75. The molecule has 3 rings (SSSR count). The molecule has 2 fully saturated rings. The van der Waals surface area contributed by atoms with Crippen LogP contribution in [0.3, 0.4) is 0 Å². The fraction of sp³-hybridized carbons (Fsp3) is 0.696. The predicted molar refractivity (Wildman–Crippen MR) is 115 cm³/mol. The first-order valence-electron chi connectivity index (χ1n) is 11.1. The molecule has 1 aliphatic carbocycles. The Kier molecular flexibility index (Phi) is 8.33. The van der Waals surface area contributed by atoms with Gasteiger partial charge in [-0.1, -0.05) is 37.5 Å². The summed E-state index contributed by atoms with van der Waals surface area (Å²) in [6.45, 7) is 8.05. The normalized spacial score (nSPS) is 19.8. The topological polar surface area (TPSA) is 54.0 Å². The second kappa shape index (κ2) is 11.0. The summed E-state index contributed by atoms with van der Waals surface area (Å²) < 4.78 is 11.4. The number of morpholine rings is 1. The SMILES string of the molecule is Cc1ccccc1OCCN(C)CC(=O)NCC1(N2CCOCC2)CCCCC1. The van der Waals surface area contributed by atoms with Gasteiger partial charge in [-0.25, -0.2) is 0 Å². The van der Waals surface area contributed by atoms with Crippen molar-refractivity contribution < 1.29 is 14.3 Å². The van der Waals surface area contributed by atoms with Crippen LogP contribution in [0.2, 0.25) is 0 Å². The van der Waals surface area contributed by atoms with Crippen LogP contribution in [-0.2, 0) is 9.53 Å². The van der Waals surface area contributed by atoms with E-state index in [1.807, 2.05) is 43.1 Å². The van der Waals surface area contributed by atoms with Gasteiger partial charge >= 0.3 is 0 Å². The van der Waals surface area contributed by atoms with E-state index >= 15 is 0 Å². The van der Waals surface area contributed by atoms with Crippen molar-refractivity contribution in [3.8, 4) is 5.75 Å². The summed E-state index contributed by atoms with van der Waals surface area (Å²) in [6.07, 6.45) is 6.16. The predicted octanol–water partition coefficient (Wildman–Crippen LogP) is 2.46. The van der Waals surface area contributed by atoms with E-state index in [9.17, 15) is 4.79 Å². The summed E-state index contributed by atoms with van der Waals surface area (Å²) in [5.74, 6) is 1.01. The van der Waals surface area contributed by atoms with Gasteiger partial charge in [-0.15, -0.1) is 0 Å². The highest BCUT2D eigenvalue weighted by Crippen LogP contribution is 2.33. The molecular weight excluding hydrogens is 366 g/mol. The maximum Gasteiger partial charge on any atom is 0.234 e. The molecule has 0 aromatic heterocycles. The number of likely N-dealkylation sites (N-methyl/N-ethyl adjacent to an activating group) is 1. The van der Waals surface area contributed by atoms with Crippen LogP contribution in [0, 0.1) is 6.92 Å². The highest BCUT2D eigenvalue weighted by Gasteiger charge is 2.38. The molecular formula is C23H37N3O3. The molecule has 0 unspecified atom stereocenters. The van der Waals surface area contributed by atoms with Crippen LogP contribution in [0.25, 0.3) is 0 Å². The number of para-hydroxylation sites is 1. The molecule has 1 aliphatic heterocycles. The summed E-state index contributed by atoms with van der Waals surface area (Å²) in [4.78, 5) is 17.2. The number of hydrogen-bond acceptors (Lipinski definition) is 5. The molecule has 1 aromatic rings. The monoisotopic (exact) mass is 403 g/mol.